The predicted octanol–water partition coefficient (Wildman–Crippen LogP) is 4.21. The van der Waals surface area contributed by atoms with Gasteiger partial charge >= 0.3 is 12.1 Å². The molecule has 184 valence electrons. The van der Waals surface area contributed by atoms with E-state index in [1.54, 1.807) is 24.4 Å². The molecule has 3 aromatic rings. The molecule has 2 aromatic carbocycles. The second-order valence-corrected chi connectivity index (χ2v) is 7.94. The summed E-state index contributed by atoms with van der Waals surface area (Å²) in [5.41, 5.74) is 0.793. The molecule has 1 aliphatic heterocycles. The average molecular weight is 489 g/mol. The number of H-pyrrole nitrogens is 1. The maximum atomic E-state index is 13.7. The Morgan fingerprint density at radius 1 is 1.14 bits per heavy atom. The first-order chi connectivity index (χ1) is 16.7. The first kappa shape index (κ1) is 24.1. The Kier molecular flexibility index (Phi) is 6.68. The van der Waals surface area contributed by atoms with Crippen LogP contribution in [0.1, 0.15) is 40.2 Å². The molecule has 0 fully saturated rings. The van der Waals surface area contributed by atoms with Gasteiger partial charge in [0.1, 0.15) is 6.61 Å². The predicted molar refractivity (Wildman–Crippen MR) is 118 cm³/mol. The summed E-state index contributed by atoms with van der Waals surface area (Å²) in [6.07, 6.45) is -2.99. The molecule has 1 aromatic heterocycles. The number of anilines is 1. The molecule has 1 atom stereocenters. The van der Waals surface area contributed by atoms with Gasteiger partial charge < -0.3 is 19.5 Å². The minimum absolute atomic E-state index is 0.0933. The Labute approximate surface area is 198 Å². The number of esters is 1. The highest BCUT2D eigenvalue weighted by Gasteiger charge is 2.34. The molecule has 2 heterocycles. The van der Waals surface area contributed by atoms with E-state index < -0.39 is 17.7 Å². The fourth-order valence-electron chi connectivity index (χ4n) is 3.98. The number of methoxy groups -OCH3 is 2. The molecule has 0 spiro atoms. The monoisotopic (exact) mass is 489 g/mol. The van der Waals surface area contributed by atoms with Gasteiger partial charge in [0.2, 0.25) is 5.91 Å². The van der Waals surface area contributed by atoms with E-state index in [9.17, 15) is 22.8 Å². The molecule has 1 amide bonds. The number of nitrogens with one attached hydrogen (secondary N) is 2. The summed E-state index contributed by atoms with van der Waals surface area (Å²) in [6.45, 7) is -0.374. The SMILES string of the molecule is COC(=O)Cc1ccc(COc2ccc(C3CC(=O)Nc4n[nH]cc43)cc2OC)c(C(F)(F)F)c1. The van der Waals surface area contributed by atoms with Crippen LogP contribution >= 0.6 is 0 Å². The molecule has 0 bridgehead atoms. The molecule has 1 aliphatic rings. The Morgan fingerprint density at radius 3 is 2.66 bits per heavy atom. The highest BCUT2D eigenvalue weighted by molar-refractivity contribution is 5.94. The fraction of sp³-hybridized carbons (Fsp3) is 0.292. The summed E-state index contributed by atoms with van der Waals surface area (Å²) in [4.78, 5) is 23.5. The number of amides is 1. The van der Waals surface area contributed by atoms with Crippen molar-refractivity contribution in [2.45, 2.75) is 31.5 Å². The van der Waals surface area contributed by atoms with Crippen molar-refractivity contribution in [1.82, 2.24) is 10.2 Å². The first-order valence-corrected chi connectivity index (χ1v) is 10.6. The number of fused-ring (bicyclic) bond motifs is 1. The third-order valence-electron chi connectivity index (χ3n) is 5.72. The highest BCUT2D eigenvalue weighted by atomic mass is 19.4. The lowest BCUT2D eigenvalue weighted by atomic mass is 9.87. The molecule has 11 heteroatoms. The molecule has 1 unspecified atom stereocenters. The van der Waals surface area contributed by atoms with Gasteiger partial charge in [0.15, 0.2) is 17.3 Å². The lowest BCUT2D eigenvalue weighted by Gasteiger charge is -2.23. The Morgan fingerprint density at radius 2 is 1.94 bits per heavy atom. The summed E-state index contributed by atoms with van der Waals surface area (Å²) >= 11 is 0. The van der Waals surface area contributed by atoms with Crippen LogP contribution in [0.4, 0.5) is 19.0 Å². The molecule has 4 rings (SSSR count). The number of alkyl halides is 3. The van der Waals surface area contributed by atoms with Gasteiger partial charge in [-0.15, -0.1) is 0 Å². The number of carbonyl (C=O) groups is 2. The van der Waals surface area contributed by atoms with Crippen LogP contribution in [0.3, 0.4) is 0 Å². The molecule has 8 nitrogen and oxygen atoms in total. The van der Waals surface area contributed by atoms with Crippen LogP contribution in [0.5, 0.6) is 11.5 Å². The largest absolute Gasteiger partial charge is 0.493 e. The minimum atomic E-state index is -4.64. The van der Waals surface area contributed by atoms with Crippen molar-refractivity contribution >= 4 is 17.7 Å². The number of halogens is 3. The van der Waals surface area contributed by atoms with E-state index in [1.807, 2.05) is 0 Å². The number of benzene rings is 2. The van der Waals surface area contributed by atoms with Crippen molar-refractivity contribution in [1.29, 1.82) is 0 Å². The maximum Gasteiger partial charge on any atom is 0.416 e. The van der Waals surface area contributed by atoms with Crippen LogP contribution in [0.2, 0.25) is 0 Å². The number of rotatable bonds is 7. The summed E-state index contributed by atoms with van der Waals surface area (Å²) < 4.78 is 56.6. The van der Waals surface area contributed by atoms with Gasteiger partial charge in [-0.25, -0.2) is 0 Å². The zero-order valence-corrected chi connectivity index (χ0v) is 18.9. The zero-order valence-electron chi connectivity index (χ0n) is 18.9. The Hall–Kier alpha value is -4.02. The van der Waals surface area contributed by atoms with Gasteiger partial charge in [0.05, 0.1) is 26.2 Å². The number of aromatic nitrogens is 2. The Balaban J connectivity index is 1.57. The topological polar surface area (TPSA) is 103 Å². The van der Waals surface area contributed by atoms with Crippen LogP contribution in [-0.4, -0.2) is 36.3 Å². The third-order valence-corrected chi connectivity index (χ3v) is 5.72. The van der Waals surface area contributed by atoms with Crippen molar-refractivity contribution in [2.24, 2.45) is 0 Å². The minimum Gasteiger partial charge on any atom is -0.493 e. The zero-order chi connectivity index (χ0) is 25.2. The number of hydrogen-bond donors (Lipinski definition) is 2. The normalized spacial score (nSPS) is 15.2. The quantitative estimate of drug-likeness (QED) is 0.482. The van der Waals surface area contributed by atoms with Crippen molar-refractivity contribution < 1.29 is 37.0 Å². The number of carbonyl (C=O) groups excluding carboxylic acids is 2. The van der Waals surface area contributed by atoms with Crippen LogP contribution < -0.4 is 14.8 Å². The molecular weight excluding hydrogens is 467 g/mol. The van der Waals surface area contributed by atoms with Crippen LogP contribution in [0.15, 0.2) is 42.6 Å². The molecule has 0 saturated heterocycles. The van der Waals surface area contributed by atoms with Crippen molar-refractivity contribution in [3.63, 3.8) is 0 Å². The number of nitrogens with zero attached hydrogens (tertiary/aromatic N) is 1. The van der Waals surface area contributed by atoms with E-state index in [0.29, 0.717) is 11.6 Å². The first-order valence-electron chi connectivity index (χ1n) is 10.6. The van der Waals surface area contributed by atoms with Crippen molar-refractivity contribution in [3.05, 3.63) is 70.4 Å². The second-order valence-electron chi connectivity index (χ2n) is 7.94. The summed E-state index contributed by atoms with van der Waals surface area (Å²) in [5, 5.41) is 9.46. The van der Waals surface area contributed by atoms with Gasteiger partial charge in [0.25, 0.3) is 0 Å². The third kappa shape index (κ3) is 5.23. The van der Waals surface area contributed by atoms with Gasteiger partial charge in [0, 0.05) is 29.7 Å². The summed E-state index contributed by atoms with van der Waals surface area (Å²) in [7, 11) is 2.59. The van der Waals surface area contributed by atoms with Gasteiger partial charge in [-0.05, 0) is 29.3 Å². The molecule has 0 aliphatic carbocycles. The fourth-order valence-corrected chi connectivity index (χ4v) is 3.98. The summed E-state index contributed by atoms with van der Waals surface area (Å²) in [6, 6.07) is 8.66. The van der Waals surface area contributed by atoms with Crippen LogP contribution in [0, 0.1) is 0 Å². The van der Waals surface area contributed by atoms with Gasteiger partial charge in [-0.3, -0.25) is 14.7 Å². The Bertz CT molecular complexity index is 1260. The number of aromatic amines is 1. The van der Waals surface area contributed by atoms with E-state index in [2.05, 4.69) is 20.3 Å². The standard InChI is InChI=1S/C24H22F3N3O5/c1-33-20-9-14(16-10-21(31)29-23-17(16)11-28-30-23)5-6-19(20)35-12-15-4-3-13(8-22(32)34-2)7-18(15)24(25,26)27/h3-7,9,11,16H,8,10,12H2,1-2H3,(H2,28,29,30,31). The molecule has 0 saturated carbocycles. The average Bonchev–Trinajstić information content (AvgIpc) is 3.30. The van der Waals surface area contributed by atoms with Crippen molar-refractivity contribution in [3.8, 4) is 11.5 Å². The lowest BCUT2D eigenvalue weighted by molar-refractivity contribution is -0.141. The van der Waals surface area contributed by atoms with E-state index in [4.69, 9.17) is 9.47 Å². The number of hydrogen-bond acceptors (Lipinski definition) is 6. The molecule has 2 N–H and O–H groups in total. The van der Waals surface area contributed by atoms with Crippen LogP contribution in [-0.2, 0) is 33.5 Å². The second kappa shape index (κ2) is 9.69. The smallest absolute Gasteiger partial charge is 0.416 e. The lowest BCUT2D eigenvalue weighted by Crippen LogP contribution is -2.23. The van der Waals surface area contributed by atoms with E-state index in [-0.39, 0.29) is 48.2 Å². The van der Waals surface area contributed by atoms with E-state index in [0.717, 1.165) is 17.2 Å². The number of ether oxygens (including phenoxy) is 3. The highest BCUT2D eigenvalue weighted by Crippen LogP contribution is 2.40. The molecular formula is C24H22F3N3O5. The van der Waals surface area contributed by atoms with Crippen LogP contribution in [0.25, 0.3) is 0 Å². The molecule has 0 radical (unpaired) electrons. The van der Waals surface area contributed by atoms with Gasteiger partial charge in [-0.1, -0.05) is 18.2 Å². The van der Waals surface area contributed by atoms with Crippen molar-refractivity contribution in [2.75, 3.05) is 19.5 Å². The van der Waals surface area contributed by atoms with E-state index in [1.165, 1.54) is 26.4 Å². The maximum absolute atomic E-state index is 13.7. The van der Waals surface area contributed by atoms with E-state index >= 15 is 0 Å². The van der Waals surface area contributed by atoms with Gasteiger partial charge in [-0.2, -0.15) is 18.3 Å². The molecule has 35 heavy (non-hydrogen) atoms. The summed E-state index contributed by atoms with van der Waals surface area (Å²) in [5.74, 6) is -0.0558.